The molecule has 1 heterocycles. The molecule has 1 amide bonds. The number of nitrogens with one attached hydrogen (secondary N) is 2. The largest absolute Gasteiger partial charge is 0.493 e. The third-order valence-corrected chi connectivity index (χ3v) is 3.88. The van der Waals surface area contributed by atoms with Gasteiger partial charge in [0, 0.05) is 13.0 Å². The van der Waals surface area contributed by atoms with Crippen molar-refractivity contribution in [3.63, 3.8) is 0 Å². The minimum absolute atomic E-state index is 0.0359. The predicted molar refractivity (Wildman–Crippen MR) is 81.7 cm³/mol. The fourth-order valence-electron chi connectivity index (χ4n) is 2.60. The van der Waals surface area contributed by atoms with Crippen molar-refractivity contribution in [2.45, 2.75) is 32.4 Å². The predicted octanol–water partition coefficient (Wildman–Crippen LogP) is 2.30. The second kappa shape index (κ2) is 8.67. The van der Waals surface area contributed by atoms with Gasteiger partial charge in [0.15, 0.2) is 11.5 Å². The minimum atomic E-state index is -2.92. The van der Waals surface area contributed by atoms with E-state index in [4.69, 9.17) is 4.74 Å². The highest BCUT2D eigenvalue weighted by Gasteiger charge is 2.16. The number of hydrogen-bond donors (Lipinski definition) is 2. The van der Waals surface area contributed by atoms with Crippen LogP contribution in [-0.4, -0.2) is 32.7 Å². The molecule has 2 N–H and O–H groups in total. The molecule has 2 rings (SSSR count). The molecule has 1 atom stereocenters. The summed E-state index contributed by atoms with van der Waals surface area (Å²) in [5, 5.41) is 6.07. The number of amides is 1. The molecule has 0 aromatic heterocycles. The lowest BCUT2D eigenvalue weighted by atomic mass is 10.0. The van der Waals surface area contributed by atoms with Crippen LogP contribution in [0.25, 0.3) is 0 Å². The van der Waals surface area contributed by atoms with Crippen LogP contribution in [-0.2, 0) is 11.3 Å². The van der Waals surface area contributed by atoms with Crippen molar-refractivity contribution in [3.8, 4) is 11.5 Å². The van der Waals surface area contributed by atoms with Crippen LogP contribution in [0, 0.1) is 5.92 Å². The normalized spacial score (nSPS) is 17.3. The zero-order chi connectivity index (χ0) is 16.7. The van der Waals surface area contributed by atoms with E-state index in [1.165, 1.54) is 13.2 Å². The van der Waals surface area contributed by atoms with Gasteiger partial charge in [-0.1, -0.05) is 6.07 Å². The molecule has 23 heavy (non-hydrogen) atoms. The minimum Gasteiger partial charge on any atom is -0.493 e. The highest BCUT2D eigenvalue weighted by Crippen LogP contribution is 2.29. The number of halogens is 2. The maximum absolute atomic E-state index is 12.4. The van der Waals surface area contributed by atoms with Crippen LogP contribution in [0.4, 0.5) is 8.78 Å². The standard InChI is InChI=1S/C16H22F2N2O3/c1-22-13-4-2-12(8-14(13)23-16(17)18)10-20-15(21)5-3-11-6-7-19-9-11/h2,4,8,11,16,19H,3,5-7,9-10H2,1H3,(H,20,21). The summed E-state index contributed by atoms with van der Waals surface area (Å²) in [5.41, 5.74) is 0.678. The number of alkyl halides is 2. The van der Waals surface area contributed by atoms with Crippen LogP contribution in [0.5, 0.6) is 11.5 Å². The van der Waals surface area contributed by atoms with Crippen LogP contribution in [0.2, 0.25) is 0 Å². The summed E-state index contributed by atoms with van der Waals surface area (Å²) < 4.78 is 34.1. The number of benzene rings is 1. The van der Waals surface area contributed by atoms with Crippen LogP contribution in [0.15, 0.2) is 18.2 Å². The van der Waals surface area contributed by atoms with E-state index >= 15 is 0 Å². The molecule has 5 nitrogen and oxygen atoms in total. The first-order valence-electron chi connectivity index (χ1n) is 7.67. The van der Waals surface area contributed by atoms with E-state index in [2.05, 4.69) is 15.4 Å². The van der Waals surface area contributed by atoms with Gasteiger partial charge in [-0.15, -0.1) is 0 Å². The molecule has 0 saturated carbocycles. The van der Waals surface area contributed by atoms with Crippen LogP contribution >= 0.6 is 0 Å². The third-order valence-electron chi connectivity index (χ3n) is 3.88. The van der Waals surface area contributed by atoms with Gasteiger partial charge in [-0.3, -0.25) is 4.79 Å². The summed E-state index contributed by atoms with van der Waals surface area (Å²) in [7, 11) is 1.38. The van der Waals surface area contributed by atoms with E-state index in [1.807, 2.05) is 0 Å². The smallest absolute Gasteiger partial charge is 0.387 e. The summed E-state index contributed by atoms with van der Waals surface area (Å²) in [5.74, 6) is 0.720. The fraction of sp³-hybridized carbons (Fsp3) is 0.562. The lowest BCUT2D eigenvalue weighted by Crippen LogP contribution is -2.23. The highest BCUT2D eigenvalue weighted by molar-refractivity contribution is 5.75. The van der Waals surface area contributed by atoms with E-state index in [1.54, 1.807) is 12.1 Å². The van der Waals surface area contributed by atoms with Gasteiger partial charge in [-0.25, -0.2) is 0 Å². The monoisotopic (exact) mass is 328 g/mol. The second-order valence-electron chi connectivity index (χ2n) is 5.54. The first-order chi connectivity index (χ1) is 11.1. The molecular formula is C16H22F2N2O3. The van der Waals surface area contributed by atoms with Gasteiger partial charge in [-0.05, 0) is 49.5 Å². The molecule has 1 fully saturated rings. The quantitative estimate of drug-likeness (QED) is 0.769. The number of carbonyl (C=O) groups is 1. The van der Waals surface area contributed by atoms with Gasteiger partial charge in [0.2, 0.25) is 5.91 Å². The Hall–Kier alpha value is -1.89. The van der Waals surface area contributed by atoms with Crippen molar-refractivity contribution in [1.82, 2.24) is 10.6 Å². The Bertz CT molecular complexity index is 520. The first kappa shape index (κ1) is 17.5. The molecule has 1 aromatic carbocycles. The molecule has 0 spiro atoms. The van der Waals surface area contributed by atoms with Crippen LogP contribution < -0.4 is 20.1 Å². The van der Waals surface area contributed by atoms with E-state index in [0.29, 0.717) is 17.9 Å². The Labute approximate surface area is 134 Å². The van der Waals surface area contributed by atoms with Crippen LogP contribution in [0.3, 0.4) is 0 Å². The van der Waals surface area contributed by atoms with Gasteiger partial charge in [0.1, 0.15) is 0 Å². The van der Waals surface area contributed by atoms with Crippen molar-refractivity contribution in [2.24, 2.45) is 5.92 Å². The summed E-state index contributed by atoms with van der Waals surface area (Å²) in [6.45, 7) is -0.662. The second-order valence-corrected chi connectivity index (χ2v) is 5.54. The van der Waals surface area contributed by atoms with Crippen molar-refractivity contribution < 1.29 is 23.0 Å². The number of rotatable bonds is 8. The molecule has 128 valence electrons. The Kier molecular flexibility index (Phi) is 6.58. The zero-order valence-corrected chi connectivity index (χ0v) is 13.1. The summed E-state index contributed by atoms with van der Waals surface area (Å²) in [6.07, 6.45) is 2.45. The topological polar surface area (TPSA) is 59.6 Å². The van der Waals surface area contributed by atoms with Crippen molar-refractivity contribution in [1.29, 1.82) is 0 Å². The molecule has 1 saturated heterocycles. The zero-order valence-electron chi connectivity index (χ0n) is 13.1. The molecule has 1 aliphatic heterocycles. The van der Waals surface area contributed by atoms with Gasteiger partial charge >= 0.3 is 6.61 Å². The van der Waals surface area contributed by atoms with Crippen molar-refractivity contribution >= 4 is 5.91 Å². The van der Waals surface area contributed by atoms with E-state index in [9.17, 15) is 13.6 Å². The van der Waals surface area contributed by atoms with Gasteiger partial charge < -0.3 is 20.1 Å². The number of methoxy groups -OCH3 is 1. The molecule has 0 bridgehead atoms. The molecule has 1 aromatic rings. The van der Waals surface area contributed by atoms with Gasteiger partial charge in [0.25, 0.3) is 0 Å². The fourth-order valence-corrected chi connectivity index (χ4v) is 2.60. The Morgan fingerprint density at radius 1 is 1.43 bits per heavy atom. The number of carbonyl (C=O) groups excluding carboxylic acids is 1. The average Bonchev–Trinajstić information content (AvgIpc) is 3.04. The van der Waals surface area contributed by atoms with Crippen molar-refractivity contribution in [3.05, 3.63) is 23.8 Å². The Morgan fingerprint density at radius 3 is 2.91 bits per heavy atom. The van der Waals surface area contributed by atoms with Gasteiger partial charge in [0.05, 0.1) is 7.11 Å². The molecule has 7 heteroatoms. The van der Waals surface area contributed by atoms with Crippen molar-refractivity contribution in [2.75, 3.05) is 20.2 Å². The van der Waals surface area contributed by atoms with Crippen LogP contribution in [0.1, 0.15) is 24.8 Å². The SMILES string of the molecule is COc1ccc(CNC(=O)CCC2CCNC2)cc1OC(F)F. The molecule has 0 radical (unpaired) electrons. The Balaban J connectivity index is 1.83. The van der Waals surface area contributed by atoms with E-state index in [0.717, 1.165) is 25.9 Å². The summed E-state index contributed by atoms with van der Waals surface area (Å²) in [6, 6.07) is 4.70. The number of hydrogen-bond acceptors (Lipinski definition) is 4. The number of ether oxygens (including phenoxy) is 2. The van der Waals surface area contributed by atoms with Gasteiger partial charge in [-0.2, -0.15) is 8.78 Å². The molecule has 1 aliphatic rings. The summed E-state index contributed by atoms with van der Waals surface area (Å²) >= 11 is 0. The summed E-state index contributed by atoms with van der Waals surface area (Å²) in [4.78, 5) is 11.9. The Morgan fingerprint density at radius 2 is 2.26 bits per heavy atom. The maximum atomic E-state index is 12.4. The lowest BCUT2D eigenvalue weighted by Gasteiger charge is -2.12. The third kappa shape index (κ3) is 5.67. The molecule has 0 aliphatic carbocycles. The highest BCUT2D eigenvalue weighted by atomic mass is 19.3. The first-order valence-corrected chi connectivity index (χ1v) is 7.67. The van der Waals surface area contributed by atoms with E-state index < -0.39 is 6.61 Å². The molecule has 1 unspecified atom stereocenters. The van der Waals surface area contributed by atoms with E-state index in [-0.39, 0.29) is 24.0 Å². The maximum Gasteiger partial charge on any atom is 0.387 e. The average molecular weight is 328 g/mol. The lowest BCUT2D eigenvalue weighted by molar-refractivity contribution is -0.121. The molecular weight excluding hydrogens is 306 g/mol.